The molecular weight excluding hydrogens is 446 g/mol. The molecule has 0 fully saturated rings. The summed E-state index contributed by atoms with van der Waals surface area (Å²) >= 11 is 6.10. The standard InChI is InChI=1S/C24H22ClN3O5/c1-31-20-11-8-15(12-21(20)32-2)23-26-19-10-9-16(25)13-18(19)24(30)28(23)27-22(29)14-33-17-6-4-3-5-7-17/h3-13,23,26H,14H2,1-2H3,(H,27,29). The van der Waals surface area contributed by atoms with Gasteiger partial charge in [-0.05, 0) is 42.5 Å². The Bertz CT molecular complexity index is 1170. The number of rotatable bonds is 7. The van der Waals surface area contributed by atoms with Gasteiger partial charge in [-0.3, -0.25) is 15.0 Å². The molecule has 0 aromatic heterocycles. The van der Waals surface area contributed by atoms with Crippen LogP contribution in [0.15, 0.2) is 66.7 Å². The van der Waals surface area contributed by atoms with Crippen molar-refractivity contribution in [2.45, 2.75) is 6.17 Å². The Hall–Kier alpha value is -3.91. The predicted octanol–water partition coefficient (Wildman–Crippen LogP) is 4.03. The van der Waals surface area contributed by atoms with Crippen molar-refractivity contribution in [2.24, 2.45) is 0 Å². The second kappa shape index (κ2) is 9.70. The van der Waals surface area contributed by atoms with Crippen molar-refractivity contribution in [3.63, 3.8) is 0 Å². The van der Waals surface area contributed by atoms with Crippen molar-refractivity contribution >= 4 is 29.1 Å². The van der Waals surface area contributed by atoms with Gasteiger partial charge >= 0.3 is 0 Å². The molecule has 3 aromatic carbocycles. The number of methoxy groups -OCH3 is 2. The van der Waals surface area contributed by atoms with Crippen LogP contribution in [0.25, 0.3) is 0 Å². The summed E-state index contributed by atoms with van der Waals surface area (Å²) < 4.78 is 16.2. The van der Waals surface area contributed by atoms with Gasteiger partial charge in [0.2, 0.25) is 0 Å². The zero-order valence-electron chi connectivity index (χ0n) is 18.0. The van der Waals surface area contributed by atoms with Crippen molar-refractivity contribution in [3.8, 4) is 17.2 Å². The molecule has 0 aliphatic carbocycles. The SMILES string of the molecule is COc1ccc(C2Nc3ccc(Cl)cc3C(=O)N2NC(=O)COc2ccccc2)cc1OC. The largest absolute Gasteiger partial charge is 0.493 e. The summed E-state index contributed by atoms with van der Waals surface area (Å²) in [6.45, 7) is -0.269. The van der Waals surface area contributed by atoms with E-state index >= 15 is 0 Å². The summed E-state index contributed by atoms with van der Waals surface area (Å²) in [6, 6.07) is 19.2. The van der Waals surface area contributed by atoms with Crippen LogP contribution >= 0.6 is 11.6 Å². The van der Waals surface area contributed by atoms with Gasteiger partial charge in [-0.2, -0.15) is 0 Å². The van der Waals surface area contributed by atoms with Crippen LogP contribution < -0.4 is 25.0 Å². The zero-order valence-corrected chi connectivity index (χ0v) is 18.8. The number of ether oxygens (including phenoxy) is 3. The number of anilines is 1. The van der Waals surface area contributed by atoms with E-state index in [9.17, 15) is 9.59 Å². The van der Waals surface area contributed by atoms with Crippen molar-refractivity contribution < 1.29 is 23.8 Å². The molecule has 2 N–H and O–H groups in total. The number of hydrogen-bond donors (Lipinski definition) is 2. The number of fused-ring (bicyclic) bond motifs is 1. The summed E-state index contributed by atoms with van der Waals surface area (Å²) in [6.07, 6.45) is -0.716. The Morgan fingerprint density at radius 2 is 1.79 bits per heavy atom. The number of para-hydroxylation sites is 1. The zero-order chi connectivity index (χ0) is 23.4. The maximum absolute atomic E-state index is 13.4. The van der Waals surface area contributed by atoms with E-state index in [1.165, 1.54) is 12.1 Å². The number of nitrogens with one attached hydrogen (secondary N) is 2. The number of halogens is 1. The first kappa shape index (κ1) is 22.3. The lowest BCUT2D eigenvalue weighted by molar-refractivity contribution is -0.127. The predicted molar refractivity (Wildman–Crippen MR) is 124 cm³/mol. The average Bonchev–Trinajstić information content (AvgIpc) is 2.85. The minimum atomic E-state index is -0.716. The number of carbonyl (C=O) groups is 2. The number of amides is 2. The number of benzene rings is 3. The van der Waals surface area contributed by atoms with Crippen molar-refractivity contribution in [2.75, 3.05) is 26.1 Å². The van der Waals surface area contributed by atoms with E-state index in [2.05, 4.69) is 10.7 Å². The minimum Gasteiger partial charge on any atom is -0.493 e. The van der Waals surface area contributed by atoms with Gasteiger partial charge < -0.3 is 19.5 Å². The molecule has 1 unspecified atom stereocenters. The van der Waals surface area contributed by atoms with E-state index in [0.717, 1.165) is 0 Å². The van der Waals surface area contributed by atoms with Gasteiger partial charge in [-0.25, -0.2) is 5.01 Å². The Morgan fingerprint density at radius 1 is 1.03 bits per heavy atom. The molecule has 2 amide bonds. The molecule has 1 aliphatic rings. The Balaban J connectivity index is 1.63. The number of carbonyl (C=O) groups excluding carboxylic acids is 2. The topological polar surface area (TPSA) is 89.1 Å². The molecule has 1 atom stereocenters. The monoisotopic (exact) mass is 467 g/mol. The third kappa shape index (κ3) is 4.80. The second-order valence-electron chi connectivity index (χ2n) is 7.16. The molecule has 33 heavy (non-hydrogen) atoms. The number of hydrogen-bond acceptors (Lipinski definition) is 6. The molecule has 170 valence electrons. The molecule has 0 spiro atoms. The fourth-order valence-corrected chi connectivity index (χ4v) is 3.65. The molecule has 4 rings (SSSR count). The van der Waals surface area contributed by atoms with E-state index in [0.29, 0.717) is 39.1 Å². The van der Waals surface area contributed by atoms with Gasteiger partial charge in [0.15, 0.2) is 18.1 Å². The van der Waals surface area contributed by atoms with Gasteiger partial charge in [0.05, 0.1) is 19.8 Å². The summed E-state index contributed by atoms with van der Waals surface area (Å²) in [4.78, 5) is 26.0. The second-order valence-corrected chi connectivity index (χ2v) is 7.60. The lowest BCUT2D eigenvalue weighted by atomic mass is 10.0. The highest BCUT2D eigenvalue weighted by molar-refractivity contribution is 6.31. The van der Waals surface area contributed by atoms with Gasteiger partial charge in [-0.15, -0.1) is 0 Å². The van der Waals surface area contributed by atoms with E-state index < -0.39 is 18.0 Å². The van der Waals surface area contributed by atoms with Crippen molar-refractivity contribution in [1.82, 2.24) is 10.4 Å². The maximum Gasteiger partial charge on any atom is 0.276 e. The molecule has 1 heterocycles. The first-order valence-electron chi connectivity index (χ1n) is 10.1. The molecule has 0 saturated carbocycles. The third-order valence-electron chi connectivity index (χ3n) is 5.06. The fourth-order valence-electron chi connectivity index (χ4n) is 3.48. The lowest BCUT2D eigenvalue weighted by Gasteiger charge is -2.38. The van der Waals surface area contributed by atoms with Crippen LogP contribution in [-0.4, -0.2) is 37.6 Å². The Kier molecular flexibility index (Phi) is 6.55. The molecule has 0 radical (unpaired) electrons. The highest BCUT2D eigenvalue weighted by Crippen LogP contribution is 2.36. The molecule has 3 aromatic rings. The number of nitrogens with zero attached hydrogens (tertiary/aromatic N) is 1. The van der Waals surface area contributed by atoms with Crippen LogP contribution in [0.4, 0.5) is 5.69 Å². The first-order valence-corrected chi connectivity index (χ1v) is 10.5. The van der Waals surface area contributed by atoms with Crippen LogP contribution in [0.3, 0.4) is 0 Å². The van der Waals surface area contributed by atoms with Gasteiger partial charge in [0.1, 0.15) is 11.9 Å². The lowest BCUT2D eigenvalue weighted by Crippen LogP contribution is -2.53. The van der Waals surface area contributed by atoms with E-state index in [-0.39, 0.29) is 6.61 Å². The van der Waals surface area contributed by atoms with E-state index in [1.807, 2.05) is 6.07 Å². The third-order valence-corrected chi connectivity index (χ3v) is 5.30. The van der Waals surface area contributed by atoms with Gasteiger partial charge in [0.25, 0.3) is 11.8 Å². The highest BCUT2D eigenvalue weighted by atomic mass is 35.5. The summed E-state index contributed by atoms with van der Waals surface area (Å²) in [7, 11) is 3.07. The summed E-state index contributed by atoms with van der Waals surface area (Å²) in [5.41, 5.74) is 4.26. The van der Waals surface area contributed by atoms with Crippen LogP contribution in [0, 0.1) is 0 Å². The molecule has 0 saturated heterocycles. The normalized spacial score (nSPS) is 14.7. The summed E-state index contributed by atoms with van der Waals surface area (Å²) in [5, 5.41) is 4.91. The van der Waals surface area contributed by atoms with Crippen LogP contribution in [0.1, 0.15) is 22.1 Å². The first-order chi connectivity index (χ1) is 16.0. The van der Waals surface area contributed by atoms with Gasteiger partial charge in [-0.1, -0.05) is 35.9 Å². The quantitative estimate of drug-likeness (QED) is 0.545. The minimum absolute atomic E-state index is 0.269. The Morgan fingerprint density at radius 3 is 2.52 bits per heavy atom. The molecule has 1 aliphatic heterocycles. The van der Waals surface area contributed by atoms with Crippen LogP contribution in [-0.2, 0) is 4.79 Å². The molecule has 8 nitrogen and oxygen atoms in total. The van der Waals surface area contributed by atoms with E-state index in [4.69, 9.17) is 25.8 Å². The average molecular weight is 468 g/mol. The molecule has 0 bridgehead atoms. The maximum atomic E-state index is 13.4. The van der Waals surface area contributed by atoms with E-state index in [1.54, 1.807) is 67.8 Å². The van der Waals surface area contributed by atoms with Crippen LogP contribution in [0.5, 0.6) is 17.2 Å². The fraction of sp³-hybridized carbons (Fsp3) is 0.167. The summed E-state index contributed by atoms with van der Waals surface area (Å²) in [5.74, 6) is 0.667. The Labute approximate surface area is 196 Å². The van der Waals surface area contributed by atoms with Gasteiger partial charge in [0, 0.05) is 16.3 Å². The highest BCUT2D eigenvalue weighted by Gasteiger charge is 2.35. The van der Waals surface area contributed by atoms with Crippen molar-refractivity contribution in [3.05, 3.63) is 82.9 Å². The smallest absolute Gasteiger partial charge is 0.276 e. The van der Waals surface area contributed by atoms with Crippen molar-refractivity contribution in [1.29, 1.82) is 0 Å². The number of hydrazine groups is 1. The van der Waals surface area contributed by atoms with Crippen LogP contribution in [0.2, 0.25) is 5.02 Å². The molecular formula is C24H22ClN3O5. The molecule has 9 heteroatoms.